The van der Waals surface area contributed by atoms with Crippen molar-refractivity contribution in [1.82, 2.24) is 19.3 Å². The molecular weight excluding hydrogens is 396 g/mol. The van der Waals surface area contributed by atoms with Gasteiger partial charge in [-0.3, -0.25) is 14.2 Å². The van der Waals surface area contributed by atoms with Crippen molar-refractivity contribution in [3.63, 3.8) is 0 Å². The molecule has 4 aromatic rings. The molecule has 1 aliphatic rings. The number of rotatable bonds is 4. The topological polar surface area (TPSA) is 70.7 Å². The first-order valence-corrected chi connectivity index (χ1v) is 11.0. The highest BCUT2D eigenvalue weighted by Crippen LogP contribution is 2.31. The van der Waals surface area contributed by atoms with Gasteiger partial charge in [-0.05, 0) is 30.9 Å². The van der Waals surface area contributed by atoms with Crippen LogP contribution in [0.5, 0.6) is 0 Å². The number of hydrogen-bond acceptors (Lipinski definition) is 5. The Kier molecular flexibility index (Phi) is 5.06. The number of carbonyl (C=O) groups excluding carboxylic acids is 1. The number of hydrogen-bond donors (Lipinski definition) is 1. The van der Waals surface area contributed by atoms with Crippen LogP contribution in [0.2, 0.25) is 0 Å². The summed E-state index contributed by atoms with van der Waals surface area (Å²) in [4.78, 5) is 24.8. The minimum Gasteiger partial charge on any atom is -0.387 e. The molecule has 3 aromatic heterocycles. The number of aliphatic hydroxyl groups is 1. The molecule has 0 bridgehead atoms. The molecule has 1 aromatic carbocycles. The predicted octanol–water partition coefficient (Wildman–Crippen LogP) is 4.04. The van der Waals surface area contributed by atoms with Crippen molar-refractivity contribution in [2.24, 2.45) is 5.92 Å². The van der Waals surface area contributed by atoms with Gasteiger partial charge in [0, 0.05) is 36.4 Å². The summed E-state index contributed by atoms with van der Waals surface area (Å²) in [7, 11) is 0. The maximum atomic E-state index is 13.2. The zero-order chi connectivity index (χ0) is 20.5. The number of carbonyl (C=O) groups is 1. The number of imidazole rings is 1. The minimum absolute atomic E-state index is 0.0176. The molecule has 0 radical (unpaired) electrons. The van der Waals surface area contributed by atoms with E-state index in [9.17, 15) is 9.90 Å². The van der Waals surface area contributed by atoms with Crippen LogP contribution < -0.4 is 0 Å². The largest absolute Gasteiger partial charge is 0.387 e. The average molecular weight is 419 g/mol. The van der Waals surface area contributed by atoms with Crippen molar-refractivity contribution >= 4 is 22.2 Å². The molecule has 7 heteroatoms. The maximum Gasteiger partial charge on any atom is 0.271 e. The Bertz CT molecular complexity index is 1150. The third kappa shape index (κ3) is 3.51. The van der Waals surface area contributed by atoms with E-state index < -0.39 is 6.10 Å². The Morgan fingerprint density at radius 3 is 2.60 bits per heavy atom. The van der Waals surface area contributed by atoms with E-state index in [1.807, 2.05) is 69.4 Å². The van der Waals surface area contributed by atoms with Crippen LogP contribution in [-0.2, 0) is 0 Å². The number of fused-ring (bicyclic) bond motifs is 1. The number of piperidine rings is 1. The number of aliphatic hydroxyl groups excluding tert-OH is 1. The Morgan fingerprint density at radius 1 is 1.10 bits per heavy atom. The summed E-state index contributed by atoms with van der Waals surface area (Å²) in [5, 5.41) is 12.5. The summed E-state index contributed by atoms with van der Waals surface area (Å²) in [6, 6.07) is 15.6. The highest BCUT2D eigenvalue weighted by atomic mass is 32.1. The van der Waals surface area contributed by atoms with E-state index >= 15 is 0 Å². The van der Waals surface area contributed by atoms with Gasteiger partial charge in [0.25, 0.3) is 5.91 Å². The van der Waals surface area contributed by atoms with Crippen molar-refractivity contribution in [2.75, 3.05) is 13.1 Å². The number of thiazole rings is 1. The van der Waals surface area contributed by atoms with Gasteiger partial charge >= 0.3 is 0 Å². The molecule has 0 spiro atoms. The average Bonchev–Trinajstić information content (AvgIpc) is 3.41. The molecule has 1 amide bonds. The molecular formula is C23H22N4O2S. The molecule has 0 aliphatic carbocycles. The van der Waals surface area contributed by atoms with E-state index in [4.69, 9.17) is 0 Å². The van der Waals surface area contributed by atoms with Crippen LogP contribution in [0.15, 0.2) is 66.3 Å². The van der Waals surface area contributed by atoms with Crippen LogP contribution in [0.1, 0.15) is 35.1 Å². The Morgan fingerprint density at radius 2 is 1.87 bits per heavy atom. The third-order valence-electron chi connectivity index (χ3n) is 5.76. The van der Waals surface area contributed by atoms with Gasteiger partial charge in [-0.15, -0.1) is 11.3 Å². The molecule has 1 saturated heterocycles. The lowest BCUT2D eigenvalue weighted by Crippen LogP contribution is -2.40. The molecule has 1 N–H and O–H groups in total. The summed E-state index contributed by atoms with van der Waals surface area (Å²) in [5.74, 6) is 0.133. The molecule has 4 heterocycles. The Labute approximate surface area is 178 Å². The van der Waals surface area contributed by atoms with Crippen LogP contribution >= 0.6 is 11.3 Å². The van der Waals surface area contributed by atoms with Gasteiger partial charge in [0.2, 0.25) is 0 Å². The molecule has 0 saturated carbocycles. The lowest BCUT2D eigenvalue weighted by Gasteiger charge is -2.33. The second kappa shape index (κ2) is 8.01. The van der Waals surface area contributed by atoms with Crippen molar-refractivity contribution in [3.8, 4) is 11.3 Å². The van der Waals surface area contributed by atoms with Crippen LogP contribution in [0.3, 0.4) is 0 Å². The SMILES string of the molecule is O=C(c1csc2nc(-c3ccccc3)cn12)N1CCC(C(O)c2ccccn2)CC1. The molecule has 30 heavy (non-hydrogen) atoms. The lowest BCUT2D eigenvalue weighted by atomic mass is 9.89. The quantitative estimate of drug-likeness (QED) is 0.543. The summed E-state index contributed by atoms with van der Waals surface area (Å²) in [6.07, 6.45) is 4.57. The van der Waals surface area contributed by atoms with Gasteiger partial charge in [0.15, 0.2) is 4.96 Å². The molecule has 6 nitrogen and oxygen atoms in total. The van der Waals surface area contributed by atoms with Crippen LogP contribution in [0, 0.1) is 5.92 Å². The molecule has 1 atom stereocenters. The number of amides is 1. The number of pyridine rings is 1. The van der Waals surface area contributed by atoms with Gasteiger partial charge in [-0.2, -0.15) is 0 Å². The highest BCUT2D eigenvalue weighted by Gasteiger charge is 2.30. The summed E-state index contributed by atoms with van der Waals surface area (Å²) >= 11 is 1.48. The van der Waals surface area contributed by atoms with Gasteiger partial charge < -0.3 is 10.0 Å². The Hall–Kier alpha value is -3.03. The second-order valence-electron chi connectivity index (χ2n) is 7.59. The van der Waals surface area contributed by atoms with Crippen molar-refractivity contribution in [1.29, 1.82) is 0 Å². The van der Waals surface area contributed by atoms with E-state index in [1.165, 1.54) is 11.3 Å². The van der Waals surface area contributed by atoms with Crippen molar-refractivity contribution < 1.29 is 9.90 Å². The monoisotopic (exact) mass is 418 g/mol. The van der Waals surface area contributed by atoms with Crippen LogP contribution in [0.25, 0.3) is 16.2 Å². The van der Waals surface area contributed by atoms with Crippen LogP contribution in [0.4, 0.5) is 0 Å². The molecule has 5 rings (SSSR count). The van der Waals surface area contributed by atoms with Gasteiger partial charge in [-0.25, -0.2) is 4.98 Å². The minimum atomic E-state index is -0.585. The third-order valence-corrected chi connectivity index (χ3v) is 6.60. The first-order chi connectivity index (χ1) is 14.7. The summed E-state index contributed by atoms with van der Waals surface area (Å²) in [6.45, 7) is 1.26. The fourth-order valence-electron chi connectivity index (χ4n) is 4.06. The first kappa shape index (κ1) is 19.0. The summed E-state index contributed by atoms with van der Waals surface area (Å²) in [5.41, 5.74) is 3.26. The zero-order valence-electron chi connectivity index (χ0n) is 16.4. The standard InChI is InChI=1S/C23H22N4O2S/c28-21(18-8-4-5-11-24-18)17-9-12-26(13-10-17)22(29)20-15-30-23-25-19(14-27(20)23)16-6-2-1-3-7-16/h1-8,11,14-15,17,21,28H,9-10,12-13H2. The van der Waals surface area contributed by atoms with Crippen molar-refractivity contribution in [3.05, 3.63) is 77.7 Å². The molecule has 152 valence electrons. The molecule has 1 fully saturated rings. The lowest BCUT2D eigenvalue weighted by molar-refractivity contribution is 0.0443. The van der Waals surface area contributed by atoms with Crippen molar-refractivity contribution in [2.45, 2.75) is 18.9 Å². The van der Waals surface area contributed by atoms with Crippen LogP contribution in [-0.4, -0.2) is 43.4 Å². The zero-order valence-corrected chi connectivity index (χ0v) is 17.2. The second-order valence-corrected chi connectivity index (χ2v) is 8.43. The van der Waals surface area contributed by atoms with E-state index in [0.717, 1.165) is 29.1 Å². The van der Waals surface area contributed by atoms with Gasteiger partial charge in [0.05, 0.1) is 17.5 Å². The number of aromatic nitrogens is 3. The highest BCUT2D eigenvalue weighted by molar-refractivity contribution is 7.15. The normalized spacial score (nSPS) is 16.1. The van der Waals surface area contributed by atoms with E-state index in [2.05, 4.69) is 9.97 Å². The molecule has 1 aliphatic heterocycles. The fraction of sp³-hybridized carbons (Fsp3) is 0.261. The van der Waals surface area contributed by atoms with Gasteiger partial charge in [0.1, 0.15) is 5.69 Å². The Balaban J connectivity index is 1.30. The van der Waals surface area contributed by atoms with E-state index in [1.54, 1.807) is 6.20 Å². The first-order valence-electron chi connectivity index (χ1n) is 10.1. The smallest absolute Gasteiger partial charge is 0.271 e. The number of benzene rings is 1. The molecule has 1 unspecified atom stereocenters. The fourth-order valence-corrected chi connectivity index (χ4v) is 4.91. The maximum absolute atomic E-state index is 13.2. The van der Waals surface area contributed by atoms with E-state index in [0.29, 0.717) is 24.5 Å². The van der Waals surface area contributed by atoms with E-state index in [-0.39, 0.29) is 11.8 Å². The number of likely N-dealkylation sites (tertiary alicyclic amines) is 1. The summed E-state index contributed by atoms with van der Waals surface area (Å²) < 4.78 is 1.89. The van der Waals surface area contributed by atoms with Gasteiger partial charge in [-0.1, -0.05) is 36.4 Å². The predicted molar refractivity (Wildman–Crippen MR) is 116 cm³/mol. The number of nitrogens with zero attached hydrogens (tertiary/aromatic N) is 4.